The smallest absolute Gasteiger partial charge is 0.176 e. The number of nitriles is 1. The van der Waals surface area contributed by atoms with E-state index in [1.54, 1.807) is 7.11 Å². The highest BCUT2D eigenvalue weighted by molar-refractivity contribution is 4.63. The Morgan fingerprint density at radius 3 is 2.75 bits per heavy atom. The first kappa shape index (κ1) is 11.2. The summed E-state index contributed by atoms with van der Waals surface area (Å²) in [4.78, 5) is 0. The lowest BCUT2D eigenvalue weighted by molar-refractivity contribution is 0.0689. The Labute approximate surface area is 73.5 Å². The van der Waals surface area contributed by atoms with Crippen LogP contribution in [0, 0.1) is 11.5 Å². The van der Waals surface area contributed by atoms with Crippen LogP contribution in [0.4, 0.5) is 0 Å². The van der Waals surface area contributed by atoms with Crippen LogP contribution < -0.4 is 5.32 Å². The van der Waals surface area contributed by atoms with E-state index >= 15 is 0 Å². The lowest BCUT2D eigenvalue weighted by Gasteiger charge is -2.02. The molecule has 0 aliphatic carbocycles. The van der Waals surface area contributed by atoms with E-state index < -0.39 is 0 Å². The lowest BCUT2D eigenvalue weighted by Crippen LogP contribution is -2.09. The highest BCUT2D eigenvalue weighted by Gasteiger charge is 1.88. The number of rotatable bonds is 8. The number of nitrogens with one attached hydrogen (secondary N) is 1. The standard InChI is InChI=1S/C8H16N2O2/c1-11-6-7-12-5-3-2-4-10-8-9/h10H,2-7H2,1H3. The summed E-state index contributed by atoms with van der Waals surface area (Å²) in [5, 5.41) is 10.7. The molecule has 0 saturated heterocycles. The average Bonchev–Trinajstić information content (AvgIpc) is 2.10. The SMILES string of the molecule is COCCOCCCCNC#N. The molecule has 0 spiro atoms. The van der Waals surface area contributed by atoms with Gasteiger partial charge in [-0.1, -0.05) is 0 Å². The van der Waals surface area contributed by atoms with Gasteiger partial charge in [0.1, 0.15) is 0 Å². The highest BCUT2D eigenvalue weighted by Crippen LogP contribution is 1.88. The van der Waals surface area contributed by atoms with Gasteiger partial charge in [0.15, 0.2) is 6.19 Å². The fourth-order valence-electron chi connectivity index (χ4n) is 0.718. The van der Waals surface area contributed by atoms with Gasteiger partial charge in [-0.3, -0.25) is 0 Å². The molecule has 0 radical (unpaired) electrons. The van der Waals surface area contributed by atoms with E-state index in [0.29, 0.717) is 13.2 Å². The fraction of sp³-hybridized carbons (Fsp3) is 0.875. The third kappa shape index (κ3) is 9.21. The summed E-state index contributed by atoms with van der Waals surface area (Å²) in [6.45, 7) is 2.79. The molecule has 0 unspecified atom stereocenters. The zero-order valence-electron chi connectivity index (χ0n) is 7.51. The molecule has 4 heteroatoms. The molecule has 0 aliphatic heterocycles. The molecule has 0 heterocycles. The van der Waals surface area contributed by atoms with Gasteiger partial charge in [0.25, 0.3) is 0 Å². The van der Waals surface area contributed by atoms with Gasteiger partial charge in [-0.2, -0.15) is 5.26 Å². The van der Waals surface area contributed by atoms with Crippen LogP contribution in [0.15, 0.2) is 0 Å². The molecule has 0 aromatic heterocycles. The van der Waals surface area contributed by atoms with E-state index in [-0.39, 0.29) is 0 Å². The maximum atomic E-state index is 8.13. The number of ether oxygens (including phenoxy) is 2. The predicted octanol–water partition coefficient (Wildman–Crippen LogP) is 0.500. The second-order valence-electron chi connectivity index (χ2n) is 2.35. The van der Waals surface area contributed by atoms with Crippen LogP contribution in [0.3, 0.4) is 0 Å². The van der Waals surface area contributed by atoms with Gasteiger partial charge in [-0.15, -0.1) is 0 Å². The Morgan fingerprint density at radius 2 is 2.08 bits per heavy atom. The number of hydrogen-bond acceptors (Lipinski definition) is 4. The third-order valence-corrected chi connectivity index (χ3v) is 1.35. The number of hydrogen-bond donors (Lipinski definition) is 1. The second kappa shape index (κ2) is 10.2. The average molecular weight is 172 g/mol. The lowest BCUT2D eigenvalue weighted by atomic mass is 10.3. The largest absolute Gasteiger partial charge is 0.382 e. The van der Waals surface area contributed by atoms with Crippen molar-refractivity contribution in [2.45, 2.75) is 12.8 Å². The minimum atomic E-state index is 0.649. The van der Waals surface area contributed by atoms with Crippen LogP contribution in [-0.2, 0) is 9.47 Å². The molecule has 70 valence electrons. The maximum Gasteiger partial charge on any atom is 0.176 e. The molecule has 0 atom stereocenters. The Hall–Kier alpha value is -0.790. The zero-order chi connectivity index (χ0) is 9.07. The van der Waals surface area contributed by atoms with E-state index in [4.69, 9.17) is 14.7 Å². The van der Waals surface area contributed by atoms with E-state index in [1.165, 1.54) is 0 Å². The summed E-state index contributed by atoms with van der Waals surface area (Å²) in [5.74, 6) is 0. The molecule has 0 saturated carbocycles. The van der Waals surface area contributed by atoms with Gasteiger partial charge in [0.2, 0.25) is 0 Å². The Bertz CT molecular complexity index is 123. The van der Waals surface area contributed by atoms with Crippen molar-refractivity contribution in [3.63, 3.8) is 0 Å². The van der Waals surface area contributed by atoms with Crippen molar-refractivity contribution >= 4 is 0 Å². The van der Waals surface area contributed by atoms with Crippen molar-refractivity contribution in [1.29, 1.82) is 5.26 Å². The summed E-state index contributed by atoms with van der Waals surface area (Å²) < 4.78 is 10.0. The van der Waals surface area contributed by atoms with Crippen molar-refractivity contribution in [2.24, 2.45) is 0 Å². The normalized spacial score (nSPS) is 9.33. The van der Waals surface area contributed by atoms with Crippen molar-refractivity contribution in [3.8, 4) is 6.19 Å². The molecule has 0 rings (SSSR count). The van der Waals surface area contributed by atoms with Gasteiger partial charge in [0, 0.05) is 20.3 Å². The summed E-state index contributed by atoms with van der Waals surface area (Å²) in [7, 11) is 1.65. The minimum Gasteiger partial charge on any atom is -0.382 e. The Balaban J connectivity index is 2.78. The van der Waals surface area contributed by atoms with Crippen LogP contribution in [0.1, 0.15) is 12.8 Å². The van der Waals surface area contributed by atoms with Gasteiger partial charge in [-0.25, -0.2) is 0 Å². The van der Waals surface area contributed by atoms with E-state index in [9.17, 15) is 0 Å². The van der Waals surface area contributed by atoms with Gasteiger partial charge in [0.05, 0.1) is 13.2 Å². The van der Waals surface area contributed by atoms with Crippen LogP contribution in [0.2, 0.25) is 0 Å². The molecule has 1 N–H and O–H groups in total. The number of methoxy groups -OCH3 is 1. The fourth-order valence-corrected chi connectivity index (χ4v) is 0.718. The topological polar surface area (TPSA) is 54.3 Å². The molecule has 12 heavy (non-hydrogen) atoms. The third-order valence-electron chi connectivity index (χ3n) is 1.35. The maximum absolute atomic E-state index is 8.13. The van der Waals surface area contributed by atoms with Crippen LogP contribution in [-0.4, -0.2) is 33.5 Å². The summed E-state index contributed by atoms with van der Waals surface area (Å²) in [6.07, 6.45) is 3.83. The second-order valence-corrected chi connectivity index (χ2v) is 2.35. The molecule has 0 aromatic rings. The van der Waals surface area contributed by atoms with Crippen molar-refractivity contribution in [1.82, 2.24) is 5.32 Å². The summed E-state index contributed by atoms with van der Waals surface area (Å²) >= 11 is 0. The molecular weight excluding hydrogens is 156 g/mol. The van der Waals surface area contributed by atoms with E-state index in [0.717, 1.165) is 26.0 Å². The first-order chi connectivity index (χ1) is 5.91. The Kier molecular flexibility index (Phi) is 9.54. The molecule has 0 amide bonds. The monoisotopic (exact) mass is 172 g/mol. The van der Waals surface area contributed by atoms with Gasteiger partial charge >= 0.3 is 0 Å². The van der Waals surface area contributed by atoms with Crippen molar-refractivity contribution < 1.29 is 9.47 Å². The van der Waals surface area contributed by atoms with E-state index in [1.807, 2.05) is 6.19 Å². The first-order valence-electron chi connectivity index (χ1n) is 4.10. The molecule has 0 aliphatic rings. The van der Waals surface area contributed by atoms with Gasteiger partial charge < -0.3 is 14.8 Å². The molecule has 4 nitrogen and oxygen atoms in total. The number of nitrogens with zero attached hydrogens (tertiary/aromatic N) is 1. The Morgan fingerprint density at radius 1 is 1.25 bits per heavy atom. The van der Waals surface area contributed by atoms with Crippen molar-refractivity contribution in [3.05, 3.63) is 0 Å². The van der Waals surface area contributed by atoms with Crippen LogP contribution in [0.25, 0.3) is 0 Å². The van der Waals surface area contributed by atoms with E-state index in [2.05, 4.69) is 5.32 Å². The number of unbranched alkanes of at least 4 members (excludes halogenated alkanes) is 1. The summed E-state index contributed by atoms with van der Waals surface area (Å²) in [6, 6.07) is 0. The summed E-state index contributed by atoms with van der Waals surface area (Å²) in [5.41, 5.74) is 0. The molecule has 0 fully saturated rings. The molecule has 0 aromatic carbocycles. The molecule has 0 bridgehead atoms. The minimum absolute atomic E-state index is 0.649. The predicted molar refractivity (Wildman–Crippen MR) is 45.5 cm³/mol. The highest BCUT2D eigenvalue weighted by atomic mass is 16.5. The molecular formula is C8H16N2O2. The quantitative estimate of drug-likeness (QED) is 0.329. The van der Waals surface area contributed by atoms with Crippen molar-refractivity contribution in [2.75, 3.05) is 33.5 Å². The first-order valence-corrected chi connectivity index (χ1v) is 4.10. The van der Waals surface area contributed by atoms with Crippen LogP contribution in [0.5, 0.6) is 0 Å². The zero-order valence-corrected chi connectivity index (χ0v) is 7.51. The van der Waals surface area contributed by atoms with Gasteiger partial charge in [-0.05, 0) is 12.8 Å². The van der Waals surface area contributed by atoms with Crippen LogP contribution >= 0.6 is 0 Å².